The van der Waals surface area contributed by atoms with Crippen LogP contribution in [0, 0.1) is 0 Å². The van der Waals surface area contributed by atoms with Gasteiger partial charge in [-0.1, -0.05) is 189 Å². The average Bonchev–Trinajstić information content (AvgIpc) is 3.19. The van der Waals surface area contributed by atoms with Crippen LogP contribution in [0.3, 0.4) is 0 Å². The maximum Gasteiger partial charge on any atom is 0.306 e. The number of allylic oxidation sites excluding steroid dienone is 14. The second kappa shape index (κ2) is 44.3. The third kappa shape index (κ3) is 41.7. The summed E-state index contributed by atoms with van der Waals surface area (Å²) < 4.78 is 16.5. The highest BCUT2D eigenvalue weighted by atomic mass is 16.6. The van der Waals surface area contributed by atoms with E-state index in [1.807, 2.05) is 0 Å². The fourth-order valence-corrected chi connectivity index (χ4v) is 5.78. The number of unbranched alkanes of at least 4 members (excludes halogenated alkanes) is 14. The molecule has 0 aromatic carbocycles. The lowest BCUT2D eigenvalue weighted by Gasteiger charge is -2.18. The maximum atomic E-state index is 12.6. The Bertz CT molecular complexity index is 1120. The van der Waals surface area contributed by atoms with E-state index in [2.05, 4.69) is 106 Å². The van der Waals surface area contributed by atoms with Crippen molar-refractivity contribution in [2.45, 2.75) is 200 Å². The van der Waals surface area contributed by atoms with Crippen molar-refractivity contribution >= 4 is 17.9 Å². The van der Waals surface area contributed by atoms with E-state index < -0.39 is 6.10 Å². The van der Waals surface area contributed by atoms with E-state index in [0.29, 0.717) is 19.3 Å². The van der Waals surface area contributed by atoms with Crippen LogP contribution in [-0.4, -0.2) is 37.2 Å². The molecular formula is C50H82O6. The molecule has 0 aliphatic heterocycles. The molecule has 6 heteroatoms. The van der Waals surface area contributed by atoms with Gasteiger partial charge < -0.3 is 14.2 Å². The molecule has 0 N–H and O–H groups in total. The monoisotopic (exact) mass is 779 g/mol. The topological polar surface area (TPSA) is 78.9 Å². The first-order chi connectivity index (χ1) is 27.5. The molecule has 1 atom stereocenters. The summed E-state index contributed by atoms with van der Waals surface area (Å²) in [5, 5.41) is 0. The summed E-state index contributed by atoms with van der Waals surface area (Å²) in [6, 6.07) is 0. The van der Waals surface area contributed by atoms with Crippen molar-refractivity contribution in [1.29, 1.82) is 0 Å². The van der Waals surface area contributed by atoms with Gasteiger partial charge in [0, 0.05) is 19.3 Å². The highest BCUT2D eigenvalue weighted by Gasteiger charge is 2.19. The van der Waals surface area contributed by atoms with Gasteiger partial charge in [0.1, 0.15) is 13.2 Å². The van der Waals surface area contributed by atoms with Crippen LogP contribution in [0.4, 0.5) is 0 Å². The number of carbonyl (C=O) groups is 3. The Kier molecular flexibility index (Phi) is 41.6. The van der Waals surface area contributed by atoms with Gasteiger partial charge in [-0.25, -0.2) is 0 Å². The van der Waals surface area contributed by atoms with Gasteiger partial charge in [-0.3, -0.25) is 14.4 Å². The lowest BCUT2D eigenvalue weighted by Crippen LogP contribution is -2.30. The Hall–Kier alpha value is -3.41. The molecule has 318 valence electrons. The molecule has 0 aliphatic carbocycles. The molecule has 0 bridgehead atoms. The number of carbonyl (C=O) groups excluding carboxylic acids is 3. The van der Waals surface area contributed by atoms with Crippen molar-refractivity contribution in [3.05, 3.63) is 85.1 Å². The van der Waals surface area contributed by atoms with Crippen molar-refractivity contribution in [3.8, 4) is 0 Å². The molecule has 0 spiro atoms. The second-order valence-corrected chi connectivity index (χ2v) is 14.6. The molecule has 1 unspecified atom stereocenters. The minimum atomic E-state index is -0.792. The van der Waals surface area contributed by atoms with E-state index in [4.69, 9.17) is 14.2 Å². The second-order valence-electron chi connectivity index (χ2n) is 14.6. The average molecular weight is 779 g/mol. The molecule has 6 nitrogen and oxygen atoms in total. The van der Waals surface area contributed by atoms with E-state index in [1.165, 1.54) is 44.9 Å². The third-order valence-corrected chi connectivity index (χ3v) is 9.16. The van der Waals surface area contributed by atoms with E-state index in [9.17, 15) is 14.4 Å². The quantitative estimate of drug-likeness (QED) is 0.0268. The molecule has 0 rings (SSSR count). The fourth-order valence-electron chi connectivity index (χ4n) is 5.78. The molecule has 0 fully saturated rings. The Balaban J connectivity index is 4.29. The van der Waals surface area contributed by atoms with Crippen LogP contribution in [0.25, 0.3) is 0 Å². The Morgan fingerprint density at radius 2 is 0.696 bits per heavy atom. The van der Waals surface area contributed by atoms with E-state index in [0.717, 1.165) is 103 Å². The standard InChI is InChI=1S/C50H82O6/c1-4-7-10-13-15-17-19-20-21-22-23-24-25-26-27-28-29-30-31-33-34-37-40-43-49(52)55-46-47(45-54-48(51)42-39-36-12-9-6-3)56-50(53)44-41-38-35-32-18-16-14-11-8-5-2/h7,10,15,17,20-21,23-24,26-27,29-30,33-34,47H,4-6,8-9,11-14,16,18-19,22,25,28,31-32,35-46H2,1-3H3/b10-7-,17-15-,21-20-,24-23-,27-26-,30-29-,34-33-. The molecule has 56 heavy (non-hydrogen) atoms. The molecule has 0 amide bonds. The molecule has 0 aromatic rings. The van der Waals surface area contributed by atoms with E-state index in [-0.39, 0.29) is 37.5 Å². The van der Waals surface area contributed by atoms with Crippen LogP contribution in [-0.2, 0) is 28.6 Å². The first-order valence-corrected chi connectivity index (χ1v) is 22.6. The summed E-state index contributed by atoms with van der Waals surface area (Å²) in [7, 11) is 0. The lowest BCUT2D eigenvalue weighted by atomic mass is 10.1. The Labute approximate surface area is 344 Å². The van der Waals surface area contributed by atoms with Gasteiger partial charge in [-0.2, -0.15) is 0 Å². The van der Waals surface area contributed by atoms with Gasteiger partial charge in [-0.15, -0.1) is 0 Å². The molecule has 0 radical (unpaired) electrons. The summed E-state index contributed by atoms with van der Waals surface area (Å²) in [5.41, 5.74) is 0. The van der Waals surface area contributed by atoms with Gasteiger partial charge in [0.2, 0.25) is 0 Å². The summed E-state index contributed by atoms with van der Waals surface area (Å²) in [6.45, 7) is 6.35. The minimum Gasteiger partial charge on any atom is -0.462 e. The van der Waals surface area contributed by atoms with E-state index >= 15 is 0 Å². The van der Waals surface area contributed by atoms with Crippen LogP contribution in [0.5, 0.6) is 0 Å². The Morgan fingerprint density at radius 1 is 0.375 bits per heavy atom. The van der Waals surface area contributed by atoms with Gasteiger partial charge in [0.15, 0.2) is 6.10 Å². The van der Waals surface area contributed by atoms with Crippen LogP contribution >= 0.6 is 0 Å². The minimum absolute atomic E-state index is 0.0951. The predicted octanol–water partition coefficient (Wildman–Crippen LogP) is 14.5. The molecule has 0 heterocycles. The van der Waals surface area contributed by atoms with Crippen LogP contribution in [0.2, 0.25) is 0 Å². The smallest absolute Gasteiger partial charge is 0.306 e. The number of ether oxygens (including phenoxy) is 3. The van der Waals surface area contributed by atoms with Gasteiger partial charge in [0.05, 0.1) is 0 Å². The number of esters is 3. The molecule has 0 aromatic heterocycles. The van der Waals surface area contributed by atoms with Gasteiger partial charge in [0.25, 0.3) is 0 Å². The molecular weight excluding hydrogens is 697 g/mol. The molecule has 0 saturated heterocycles. The van der Waals surface area contributed by atoms with Gasteiger partial charge in [-0.05, 0) is 70.6 Å². The Morgan fingerprint density at radius 3 is 1.09 bits per heavy atom. The zero-order valence-corrected chi connectivity index (χ0v) is 36.1. The summed E-state index contributed by atoms with van der Waals surface area (Å²) in [6.07, 6.45) is 56.1. The lowest BCUT2D eigenvalue weighted by molar-refractivity contribution is -0.167. The summed E-state index contributed by atoms with van der Waals surface area (Å²) in [4.78, 5) is 37.4. The zero-order valence-electron chi connectivity index (χ0n) is 36.1. The van der Waals surface area contributed by atoms with Crippen molar-refractivity contribution < 1.29 is 28.6 Å². The van der Waals surface area contributed by atoms with Crippen LogP contribution in [0.15, 0.2) is 85.1 Å². The highest BCUT2D eigenvalue weighted by Crippen LogP contribution is 2.13. The molecule has 0 saturated carbocycles. The number of rotatable bonds is 39. The first-order valence-electron chi connectivity index (χ1n) is 22.6. The predicted molar refractivity (Wildman–Crippen MR) is 237 cm³/mol. The van der Waals surface area contributed by atoms with Crippen molar-refractivity contribution in [2.24, 2.45) is 0 Å². The summed E-state index contributed by atoms with van der Waals surface area (Å²) in [5.74, 6) is -0.981. The molecule has 0 aliphatic rings. The number of hydrogen-bond acceptors (Lipinski definition) is 6. The normalized spacial score (nSPS) is 12.8. The van der Waals surface area contributed by atoms with Crippen molar-refractivity contribution in [2.75, 3.05) is 13.2 Å². The SMILES string of the molecule is CC/C=C\C/C=C\C/C=C\C/C=C\C/C=C\C/C=C\C/C=C\CCCC(=O)OCC(COC(=O)CCCCCCC)OC(=O)CCCCCCCCCCCC. The zero-order chi connectivity index (χ0) is 40.8. The summed E-state index contributed by atoms with van der Waals surface area (Å²) >= 11 is 0. The highest BCUT2D eigenvalue weighted by molar-refractivity contribution is 5.71. The van der Waals surface area contributed by atoms with Crippen LogP contribution < -0.4 is 0 Å². The number of hydrogen-bond donors (Lipinski definition) is 0. The first kappa shape index (κ1) is 52.6. The van der Waals surface area contributed by atoms with Gasteiger partial charge >= 0.3 is 17.9 Å². The van der Waals surface area contributed by atoms with E-state index in [1.54, 1.807) is 0 Å². The fraction of sp³-hybridized carbons (Fsp3) is 0.660. The maximum absolute atomic E-state index is 12.6. The van der Waals surface area contributed by atoms with Crippen molar-refractivity contribution in [1.82, 2.24) is 0 Å². The van der Waals surface area contributed by atoms with Crippen molar-refractivity contribution in [3.63, 3.8) is 0 Å². The third-order valence-electron chi connectivity index (χ3n) is 9.16. The van der Waals surface area contributed by atoms with Crippen LogP contribution in [0.1, 0.15) is 194 Å². The largest absolute Gasteiger partial charge is 0.462 e.